The van der Waals surface area contributed by atoms with Crippen molar-refractivity contribution >= 4 is 5.69 Å². The Bertz CT molecular complexity index is 371. The molecule has 0 aliphatic carbocycles. The fourth-order valence-corrected chi connectivity index (χ4v) is 1.89. The summed E-state index contributed by atoms with van der Waals surface area (Å²) in [6.07, 6.45) is -3.31. The van der Waals surface area contributed by atoms with Gasteiger partial charge in [0.25, 0.3) is 0 Å². The quantitative estimate of drug-likeness (QED) is 0.757. The average Bonchev–Trinajstić information content (AvgIpc) is 2.59. The van der Waals surface area contributed by atoms with Crippen molar-refractivity contribution in [2.75, 3.05) is 11.9 Å². The predicted molar refractivity (Wildman–Crippen MR) is 53.1 cm³/mol. The van der Waals surface area contributed by atoms with Crippen LogP contribution in [0, 0.1) is 0 Å². The molecule has 0 bridgehead atoms. The number of hydrogen-bond donors (Lipinski definition) is 1. The van der Waals surface area contributed by atoms with Crippen molar-refractivity contribution in [1.29, 1.82) is 0 Å². The van der Waals surface area contributed by atoms with Crippen LogP contribution in [0.5, 0.6) is 0 Å². The molecule has 1 nitrogen and oxygen atoms in total. The van der Waals surface area contributed by atoms with Gasteiger partial charge in [0.05, 0.1) is 5.92 Å². The molecule has 0 radical (unpaired) electrons. The van der Waals surface area contributed by atoms with Crippen molar-refractivity contribution in [2.24, 2.45) is 0 Å². The summed E-state index contributed by atoms with van der Waals surface area (Å²) in [5.74, 6) is -1.35. The number of aryl methyl sites for hydroxylation is 1. The van der Waals surface area contributed by atoms with E-state index in [1.807, 2.05) is 6.92 Å². The molecule has 1 atom stereocenters. The second-order valence-corrected chi connectivity index (χ2v) is 3.75. The second-order valence-electron chi connectivity index (χ2n) is 3.75. The lowest BCUT2D eigenvalue weighted by atomic mass is 9.99. The van der Waals surface area contributed by atoms with Crippen LogP contribution in [0.25, 0.3) is 0 Å². The monoisotopic (exact) mass is 215 g/mol. The molecule has 4 heteroatoms. The van der Waals surface area contributed by atoms with Crippen LogP contribution in [0.1, 0.15) is 24.0 Å². The number of nitrogens with one attached hydrogen (secondary N) is 1. The zero-order valence-corrected chi connectivity index (χ0v) is 8.36. The van der Waals surface area contributed by atoms with Crippen LogP contribution in [-0.2, 0) is 6.42 Å². The number of hydrogen-bond acceptors (Lipinski definition) is 1. The van der Waals surface area contributed by atoms with Crippen molar-refractivity contribution in [3.63, 3.8) is 0 Å². The van der Waals surface area contributed by atoms with Crippen molar-refractivity contribution in [3.05, 3.63) is 29.3 Å². The molecule has 2 rings (SSSR count). The summed E-state index contributed by atoms with van der Waals surface area (Å²) in [6, 6.07) is 5.16. The highest BCUT2D eigenvalue weighted by Crippen LogP contribution is 2.42. The first kappa shape index (κ1) is 10.3. The molecule has 0 fully saturated rings. The van der Waals surface area contributed by atoms with Gasteiger partial charge in [-0.05, 0) is 23.6 Å². The summed E-state index contributed by atoms with van der Waals surface area (Å²) in [5, 5.41) is 2.81. The number of fused-ring (bicyclic) bond motifs is 1. The Hall–Kier alpha value is -1.19. The highest BCUT2D eigenvalue weighted by Gasteiger charge is 2.44. The van der Waals surface area contributed by atoms with Gasteiger partial charge in [-0.1, -0.05) is 19.1 Å². The number of benzene rings is 1. The average molecular weight is 215 g/mol. The maximum atomic E-state index is 12.6. The zero-order chi connectivity index (χ0) is 11.1. The molecule has 1 N–H and O–H groups in total. The van der Waals surface area contributed by atoms with Crippen LogP contribution in [0.2, 0.25) is 0 Å². The van der Waals surface area contributed by atoms with Gasteiger partial charge in [0, 0.05) is 12.2 Å². The van der Waals surface area contributed by atoms with E-state index in [0.717, 1.165) is 12.0 Å². The molecule has 0 aromatic heterocycles. The van der Waals surface area contributed by atoms with Crippen LogP contribution in [0.15, 0.2) is 18.2 Å². The van der Waals surface area contributed by atoms with Gasteiger partial charge in [-0.3, -0.25) is 0 Å². The molecule has 1 heterocycles. The number of rotatable bonds is 1. The van der Waals surface area contributed by atoms with E-state index in [-0.39, 0.29) is 6.54 Å². The summed E-state index contributed by atoms with van der Waals surface area (Å²) in [4.78, 5) is 0. The van der Waals surface area contributed by atoms with E-state index in [1.165, 1.54) is 0 Å². The smallest absolute Gasteiger partial charge is 0.384 e. The molecular weight excluding hydrogens is 203 g/mol. The Morgan fingerprint density at radius 3 is 2.73 bits per heavy atom. The van der Waals surface area contributed by atoms with Gasteiger partial charge >= 0.3 is 6.18 Å². The largest absolute Gasteiger partial charge is 0.397 e. The summed E-state index contributed by atoms with van der Waals surface area (Å²) in [6.45, 7) is 1.95. The minimum atomic E-state index is -4.15. The summed E-state index contributed by atoms with van der Waals surface area (Å²) in [5.41, 5.74) is 2.07. The third-order valence-electron chi connectivity index (χ3n) is 2.79. The van der Waals surface area contributed by atoms with E-state index >= 15 is 0 Å². The first-order chi connectivity index (χ1) is 7.02. The van der Waals surface area contributed by atoms with Crippen LogP contribution in [-0.4, -0.2) is 12.7 Å². The number of anilines is 1. The Morgan fingerprint density at radius 2 is 2.13 bits per heavy atom. The highest BCUT2D eigenvalue weighted by atomic mass is 19.4. The van der Waals surface area contributed by atoms with Gasteiger partial charge in [0.2, 0.25) is 0 Å². The van der Waals surface area contributed by atoms with Crippen LogP contribution >= 0.6 is 0 Å². The maximum absolute atomic E-state index is 12.6. The zero-order valence-electron chi connectivity index (χ0n) is 8.36. The second kappa shape index (κ2) is 3.43. The third-order valence-corrected chi connectivity index (χ3v) is 2.79. The number of alkyl halides is 3. The first-order valence-corrected chi connectivity index (χ1v) is 4.95. The highest BCUT2D eigenvalue weighted by molar-refractivity contribution is 5.59. The van der Waals surface area contributed by atoms with Crippen LogP contribution in [0.4, 0.5) is 18.9 Å². The van der Waals surface area contributed by atoms with E-state index < -0.39 is 12.1 Å². The first-order valence-electron chi connectivity index (χ1n) is 4.95. The van der Waals surface area contributed by atoms with Gasteiger partial charge in [-0.15, -0.1) is 0 Å². The molecule has 0 spiro atoms. The lowest BCUT2D eigenvalue weighted by Crippen LogP contribution is -2.22. The van der Waals surface area contributed by atoms with E-state index in [4.69, 9.17) is 0 Å². The van der Waals surface area contributed by atoms with Gasteiger partial charge in [0.1, 0.15) is 0 Å². The van der Waals surface area contributed by atoms with Gasteiger partial charge in [0.15, 0.2) is 0 Å². The topological polar surface area (TPSA) is 12.0 Å². The molecular formula is C11H12F3N. The predicted octanol–water partition coefficient (Wildman–Crippen LogP) is 3.32. The van der Waals surface area contributed by atoms with E-state index in [0.29, 0.717) is 11.3 Å². The van der Waals surface area contributed by atoms with Crippen LogP contribution in [0.3, 0.4) is 0 Å². The molecule has 1 unspecified atom stereocenters. The normalized spacial score (nSPS) is 19.9. The molecule has 0 saturated heterocycles. The van der Waals surface area contributed by atoms with Crippen molar-refractivity contribution < 1.29 is 13.2 Å². The minimum absolute atomic E-state index is 0.0357. The fraction of sp³-hybridized carbons (Fsp3) is 0.455. The molecule has 1 aromatic rings. The minimum Gasteiger partial charge on any atom is -0.384 e. The SMILES string of the molecule is CCc1ccc2c(c1)NCC2C(F)(F)F. The molecule has 1 aliphatic rings. The molecule has 0 amide bonds. The van der Waals surface area contributed by atoms with Gasteiger partial charge in [-0.25, -0.2) is 0 Å². The van der Waals surface area contributed by atoms with Crippen molar-refractivity contribution in [3.8, 4) is 0 Å². The summed E-state index contributed by atoms with van der Waals surface area (Å²) in [7, 11) is 0. The van der Waals surface area contributed by atoms with Crippen LogP contribution < -0.4 is 5.32 Å². The molecule has 1 aromatic carbocycles. The summed E-state index contributed by atoms with van der Waals surface area (Å²) >= 11 is 0. The lowest BCUT2D eigenvalue weighted by molar-refractivity contribution is -0.145. The number of halogens is 3. The fourth-order valence-electron chi connectivity index (χ4n) is 1.89. The van der Waals surface area contributed by atoms with Gasteiger partial charge < -0.3 is 5.32 Å². The standard InChI is InChI=1S/C11H12F3N/c1-2-7-3-4-8-9(11(12,13)14)6-15-10(8)5-7/h3-5,9,15H,2,6H2,1H3. The van der Waals surface area contributed by atoms with E-state index in [1.54, 1.807) is 18.2 Å². The van der Waals surface area contributed by atoms with E-state index in [9.17, 15) is 13.2 Å². The van der Waals surface area contributed by atoms with E-state index in [2.05, 4.69) is 5.32 Å². The Morgan fingerprint density at radius 1 is 1.40 bits per heavy atom. The lowest BCUT2D eigenvalue weighted by Gasteiger charge is -2.14. The Kier molecular flexibility index (Phi) is 2.37. The molecule has 0 saturated carbocycles. The molecule has 15 heavy (non-hydrogen) atoms. The van der Waals surface area contributed by atoms with Gasteiger partial charge in [-0.2, -0.15) is 13.2 Å². The summed E-state index contributed by atoms with van der Waals surface area (Å²) < 4.78 is 37.7. The molecule has 82 valence electrons. The third kappa shape index (κ3) is 1.80. The maximum Gasteiger partial charge on any atom is 0.397 e. The van der Waals surface area contributed by atoms with Crippen molar-refractivity contribution in [2.45, 2.75) is 25.4 Å². The Labute approximate surface area is 86.3 Å². The molecule has 1 aliphatic heterocycles. The van der Waals surface area contributed by atoms with Crippen molar-refractivity contribution in [1.82, 2.24) is 0 Å². The Balaban J connectivity index is 2.36.